The predicted molar refractivity (Wildman–Crippen MR) is 105 cm³/mol. The van der Waals surface area contributed by atoms with Gasteiger partial charge in [-0.15, -0.1) is 0 Å². The highest BCUT2D eigenvalue weighted by Crippen LogP contribution is 2.24. The number of hydrogen-bond donors (Lipinski definition) is 0. The van der Waals surface area contributed by atoms with Crippen LogP contribution in [-0.4, -0.2) is 56.7 Å². The molecule has 27 heavy (non-hydrogen) atoms. The summed E-state index contributed by atoms with van der Waals surface area (Å²) in [6, 6.07) is 10.2. The van der Waals surface area contributed by atoms with E-state index >= 15 is 0 Å². The SMILES string of the molecule is C[C@H](CC(=O)N1CCN(c2ncnc3c2cnn3C)CC1)c1ccccc1. The molecule has 0 saturated carbocycles. The molecule has 2 aromatic heterocycles. The average Bonchev–Trinajstić information content (AvgIpc) is 3.10. The molecule has 0 radical (unpaired) electrons. The molecule has 7 nitrogen and oxygen atoms in total. The standard InChI is InChI=1S/C20H24N6O/c1-15(16-6-4-3-5-7-16)12-18(27)25-8-10-26(11-9-25)20-17-13-23-24(2)19(17)21-14-22-20/h3-7,13-15H,8-12H2,1-2H3/t15-/m1/s1. The molecule has 1 atom stereocenters. The normalized spacial score (nSPS) is 15.9. The Balaban J connectivity index is 1.39. The van der Waals surface area contributed by atoms with E-state index in [1.165, 1.54) is 5.56 Å². The first-order chi connectivity index (χ1) is 13.1. The van der Waals surface area contributed by atoms with Gasteiger partial charge in [-0.25, -0.2) is 9.97 Å². The first-order valence-corrected chi connectivity index (χ1v) is 9.34. The van der Waals surface area contributed by atoms with Crippen LogP contribution >= 0.6 is 0 Å². The van der Waals surface area contributed by atoms with Crippen LogP contribution in [0, 0.1) is 0 Å². The summed E-state index contributed by atoms with van der Waals surface area (Å²) in [6.07, 6.45) is 3.94. The second-order valence-corrected chi connectivity index (χ2v) is 7.09. The number of anilines is 1. The number of piperazine rings is 1. The van der Waals surface area contributed by atoms with Crippen molar-refractivity contribution in [3.05, 3.63) is 48.4 Å². The van der Waals surface area contributed by atoms with Crippen LogP contribution in [0.5, 0.6) is 0 Å². The number of rotatable bonds is 4. The summed E-state index contributed by atoms with van der Waals surface area (Å²) in [6.45, 7) is 5.08. The lowest BCUT2D eigenvalue weighted by Crippen LogP contribution is -2.49. The highest BCUT2D eigenvalue weighted by molar-refractivity contribution is 5.86. The van der Waals surface area contributed by atoms with Crippen molar-refractivity contribution in [2.75, 3.05) is 31.1 Å². The van der Waals surface area contributed by atoms with Crippen molar-refractivity contribution in [3.8, 4) is 0 Å². The Morgan fingerprint density at radius 2 is 1.85 bits per heavy atom. The molecule has 0 aliphatic carbocycles. The van der Waals surface area contributed by atoms with Gasteiger partial charge in [0.2, 0.25) is 5.91 Å². The van der Waals surface area contributed by atoms with Gasteiger partial charge in [0.15, 0.2) is 5.65 Å². The molecule has 4 rings (SSSR count). The summed E-state index contributed by atoms with van der Waals surface area (Å²) >= 11 is 0. The first-order valence-electron chi connectivity index (χ1n) is 9.34. The minimum Gasteiger partial charge on any atom is -0.352 e. The van der Waals surface area contributed by atoms with Gasteiger partial charge in [-0.3, -0.25) is 9.48 Å². The van der Waals surface area contributed by atoms with Crippen LogP contribution in [0.25, 0.3) is 11.0 Å². The van der Waals surface area contributed by atoms with E-state index in [-0.39, 0.29) is 11.8 Å². The molecule has 0 unspecified atom stereocenters. The van der Waals surface area contributed by atoms with Crippen molar-refractivity contribution in [3.63, 3.8) is 0 Å². The highest BCUT2D eigenvalue weighted by atomic mass is 16.2. The molecular formula is C20H24N6O. The van der Waals surface area contributed by atoms with Gasteiger partial charge in [0.25, 0.3) is 0 Å². The third-order valence-corrected chi connectivity index (χ3v) is 5.29. The lowest BCUT2D eigenvalue weighted by Gasteiger charge is -2.36. The lowest BCUT2D eigenvalue weighted by atomic mass is 9.97. The molecule has 1 fully saturated rings. The molecule has 1 aliphatic heterocycles. The zero-order valence-corrected chi connectivity index (χ0v) is 15.7. The summed E-state index contributed by atoms with van der Waals surface area (Å²) in [5.74, 6) is 1.35. The van der Waals surface area contributed by atoms with Crippen molar-refractivity contribution in [1.29, 1.82) is 0 Å². The van der Waals surface area contributed by atoms with Crippen LogP contribution in [0.3, 0.4) is 0 Å². The zero-order chi connectivity index (χ0) is 18.8. The topological polar surface area (TPSA) is 67.2 Å². The van der Waals surface area contributed by atoms with Gasteiger partial charge in [0.05, 0.1) is 11.6 Å². The van der Waals surface area contributed by atoms with Gasteiger partial charge < -0.3 is 9.80 Å². The number of aromatic nitrogens is 4. The molecular weight excluding hydrogens is 340 g/mol. The van der Waals surface area contributed by atoms with E-state index in [9.17, 15) is 4.79 Å². The summed E-state index contributed by atoms with van der Waals surface area (Å²) in [4.78, 5) is 25.7. The Kier molecular flexibility index (Phi) is 4.75. The number of carbonyl (C=O) groups is 1. The number of benzene rings is 1. The third-order valence-electron chi connectivity index (χ3n) is 5.29. The van der Waals surface area contributed by atoms with Gasteiger partial charge >= 0.3 is 0 Å². The maximum atomic E-state index is 12.7. The molecule has 1 saturated heterocycles. The molecule has 3 heterocycles. The first kappa shape index (κ1) is 17.5. The van der Waals surface area contributed by atoms with E-state index < -0.39 is 0 Å². The summed E-state index contributed by atoms with van der Waals surface area (Å²) in [5.41, 5.74) is 2.04. The Labute approximate surface area is 158 Å². The molecule has 0 spiro atoms. The minimum absolute atomic E-state index is 0.222. The molecule has 1 aliphatic rings. The molecule has 0 bridgehead atoms. The van der Waals surface area contributed by atoms with Gasteiger partial charge in [0.1, 0.15) is 12.1 Å². The second-order valence-electron chi connectivity index (χ2n) is 7.09. The van der Waals surface area contributed by atoms with Crippen LogP contribution < -0.4 is 4.90 Å². The van der Waals surface area contributed by atoms with Crippen molar-refractivity contribution in [1.82, 2.24) is 24.6 Å². The van der Waals surface area contributed by atoms with E-state index in [1.807, 2.05) is 36.3 Å². The predicted octanol–water partition coefficient (Wildman–Crippen LogP) is 2.21. The summed E-state index contributed by atoms with van der Waals surface area (Å²) in [5, 5.41) is 5.23. The Morgan fingerprint density at radius 3 is 2.59 bits per heavy atom. The second kappa shape index (κ2) is 7.34. The Hall–Kier alpha value is -2.96. The number of hydrogen-bond acceptors (Lipinski definition) is 5. The fraction of sp³-hybridized carbons (Fsp3) is 0.400. The summed E-state index contributed by atoms with van der Waals surface area (Å²) in [7, 11) is 1.88. The zero-order valence-electron chi connectivity index (χ0n) is 15.7. The van der Waals surface area contributed by atoms with Crippen molar-refractivity contribution < 1.29 is 4.79 Å². The number of carbonyl (C=O) groups excluding carboxylic acids is 1. The Bertz CT molecular complexity index is 930. The molecule has 1 aromatic carbocycles. The number of amides is 1. The maximum absolute atomic E-state index is 12.7. The smallest absolute Gasteiger partial charge is 0.223 e. The molecule has 0 N–H and O–H groups in total. The van der Waals surface area contributed by atoms with Crippen molar-refractivity contribution in [2.24, 2.45) is 7.05 Å². The third kappa shape index (κ3) is 3.49. The molecule has 7 heteroatoms. The highest BCUT2D eigenvalue weighted by Gasteiger charge is 2.24. The maximum Gasteiger partial charge on any atom is 0.223 e. The van der Waals surface area contributed by atoms with E-state index in [1.54, 1.807) is 11.0 Å². The summed E-state index contributed by atoms with van der Waals surface area (Å²) < 4.78 is 1.76. The van der Waals surface area contributed by atoms with Gasteiger partial charge in [0, 0.05) is 39.6 Å². The van der Waals surface area contributed by atoms with Crippen molar-refractivity contribution >= 4 is 22.8 Å². The fourth-order valence-corrected chi connectivity index (χ4v) is 3.66. The van der Waals surface area contributed by atoms with Crippen molar-refractivity contribution in [2.45, 2.75) is 19.3 Å². The van der Waals surface area contributed by atoms with Gasteiger partial charge in [-0.05, 0) is 11.5 Å². The van der Waals surface area contributed by atoms with E-state index in [0.717, 1.165) is 29.9 Å². The largest absolute Gasteiger partial charge is 0.352 e. The quantitative estimate of drug-likeness (QED) is 0.710. The van der Waals surface area contributed by atoms with E-state index in [2.05, 4.69) is 39.0 Å². The Morgan fingerprint density at radius 1 is 1.11 bits per heavy atom. The number of fused-ring (bicyclic) bond motifs is 1. The number of nitrogens with zero attached hydrogens (tertiary/aromatic N) is 6. The molecule has 1 amide bonds. The number of aryl methyl sites for hydroxylation is 1. The van der Waals surface area contributed by atoms with Crippen LogP contribution in [0.1, 0.15) is 24.8 Å². The fourth-order valence-electron chi connectivity index (χ4n) is 3.66. The van der Waals surface area contributed by atoms with Crippen LogP contribution in [0.15, 0.2) is 42.9 Å². The van der Waals surface area contributed by atoms with E-state index in [4.69, 9.17) is 0 Å². The molecule has 140 valence electrons. The lowest BCUT2D eigenvalue weighted by molar-refractivity contribution is -0.131. The minimum atomic E-state index is 0.222. The van der Waals surface area contributed by atoms with Crippen LogP contribution in [0.2, 0.25) is 0 Å². The monoisotopic (exact) mass is 364 g/mol. The van der Waals surface area contributed by atoms with Gasteiger partial charge in [-0.2, -0.15) is 5.10 Å². The van der Waals surface area contributed by atoms with Gasteiger partial charge in [-0.1, -0.05) is 37.3 Å². The van der Waals surface area contributed by atoms with Crippen LogP contribution in [0.4, 0.5) is 5.82 Å². The molecule has 3 aromatic rings. The average molecular weight is 364 g/mol. The van der Waals surface area contributed by atoms with Crippen LogP contribution in [-0.2, 0) is 11.8 Å². The van der Waals surface area contributed by atoms with E-state index in [0.29, 0.717) is 19.5 Å².